The number of carboxylic acids is 1. The summed E-state index contributed by atoms with van der Waals surface area (Å²) in [5, 5.41) is 9.28. The molecule has 6 nitrogen and oxygen atoms in total. The molecule has 0 bridgehead atoms. The van der Waals surface area contributed by atoms with Crippen LogP contribution in [0.4, 0.5) is 0 Å². The Kier molecular flexibility index (Phi) is 5.85. The molecule has 1 N–H and O–H groups in total. The number of carboxylic acid groups (broad SMARTS) is 1. The van der Waals surface area contributed by atoms with Crippen molar-refractivity contribution in [1.82, 2.24) is 9.47 Å². The standard InChI is InChI=1S/C20H24N2O4/c1-15-8-10-22(19(23)18(15)20(24)25)14-17-13-21(9-5-11-26-17)12-16-6-3-2-4-7-16/h2-4,6-8,10,17H,5,9,11-14H2,1H3,(H,24,25). The molecule has 1 aromatic carbocycles. The number of hydrogen-bond acceptors (Lipinski definition) is 4. The lowest BCUT2D eigenvalue weighted by Crippen LogP contribution is -2.37. The fourth-order valence-electron chi connectivity index (χ4n) is 3.35. The van der Waals surface area contributed by atoms with E-state index in [1.165, 1.54) is 10.1 Å². The molecular weight excluding hydrogens is 332 g/mol. The van der Waals surface area contributed by atoms with E-state index in [1.807, 2.05) is 18.2 Å². The zero-order chi connectivity index (χ0) is 18.5. The average molecular weight is 356 g/mol. The summed E-state index contributed by atoms with van der Waals surface area (Å²) in [7, 11) is 0. The van der Waals surface area contributed by atoms with Crippen molar-refractivity contribution in [2.75, 3.05) is 19.7 Å². The number of carbonyl (C=O) groups is 1. The molecule has 1 fully saturated rings. The van der Waals surface area contributed by atoms with Gasteiger partial charge in [0.25, 0.3) is 5.56 Å². The normalized spacial score (nSPS) is 18.4. The molecule has 1 atom stereocenters. The average Bonchev–Trinajstić information content (AvgIpc) is 2.83. The summed E-state index contributed by atoms with van der Waals surface area (Å²) in [6, 6.07) is 11.9. The first-order valence-corrected chi connectivity index (χ1v) is 8.86. The van der Waals surface area contributed by atoms with Gasteiger partial charge in [-0.3, -0.25) is 9.69 Å². The van der Waals surface area contributed by atoms with Crippen molar-refractivity contribution in [3.63, 3.8) is 0 Å². The second-order valence-corrected chi connectivity index (χ2v) is 6.70. The third kappa shape index (κ3) is 4.39. The smallest absolute Gasteiger partial charge is 0.341 e. The third-order valence-corrected chi connectivity index (χ3v) is 4.67. The Balaban J connectivity index is 1.74. The second-order valence-electron chi connectivity index (χ2n) is 6.70. The lowest BCUT2D eigenvalue weighted by molar-refractivity contribution is 0.0406. The molecule has 0 saturated carbocycles. The number of nitrogens with zero attached hydrogens (tertiary/aromatic N) is 2. The van der Waals surface area contributed by atoms with Crippen LogP contribution in [-0.4, -0.2) is 46.3 Å². The fraction of sp³-hybridized carbons (Fsp3) is 0.400. The maximum absolute atomic E-state index is 12.5. The number of aromatic nitrogens is 1. The Hall–Kier alpha value is -2.44. The van der Waals surface area contributed by atoms with E-state index in [9.17, 15) is 14.7 Å². The highest BCUT2D eigenvalue weighted by atomic mass is 16.5. The minimum Gasteiger partial charge on any atom is -0.477 e. The van der Waals surface area contributed by atoms with Crippen LogP contribution in [0.5, 0.6) is 0 Å². The molecule has 26 heavy (non-hydrogen) atoms. The van der Waals surface area contributed by atoms with Gasteiger partial charge >= 0.3 is 5.97 Å². The number of rotatable bonds is 5. The SMILES string of the molecule is Cc1ccn(CC2CN(Cc3ccccc3)CCCO2)c(=O)c1C(=O)O. The van der Waals surface area contributed by atoms with Crippen molar-refractivity contribution in [3.8, 4) is 0 Å². The molecule has 1 saturated heterocycles. The lowest BCUT2D eigenvalue weighted by Gasteiger charge is -2.24. The predicted octanol–water partition coefficient (Wildman–Crippen LogP) is 2.15. The lowest BCUT2D eigenvalue weighted by atomic mass is 10.1. The summed E-state index contributed by atoms with van der Waals surface area (Å²) < 4.78 is 7.36. The molecule has 0 radical (unpaired) electrons. The van der Waals surface area contributed by atoms with Crippen molar-refractivity contribution in [1.29, 1.82) is 0 Å². The van der Waals surface area contributed by atoms with Crippen molar-refractivity contribution >= 4 is 5.97 Å². The summed E-state index contributed by atoms with van der Waals surface area (Å²) >= 11 is 0. The minimum absolute atomic E-state index is 0.150. The molecule has 6 heteroatoms. The molecule has 0 amide bonds. The maximum atomic E-state index is 12.5. The number of ether oxygens (including phenoxy) is 1. The molecule has 1 aliphatic rings. The van der Waals surface area contributed by atoms with E-state index >= 15 is 0 Å². The molecule has 0 aliphatic carbocycles. The quantitative estimate of drug-likeness (QED) is 0.889. The highest BCUT2D eigenvalue weighted by Crippen LogP contribution is 2.12. The molecule has 3 rings (SSSR count). The molecule has 0 spiro atoms. The van der Waals surface area contributed by atoms with Crippen molar-refractivity contribution in [3.05, 3.63) is 69.6 Å². The van der Waals surface area contributed by atoms with Crippen LogP contribution in [0.2, 0.25) is 0 Å². The van der Waals surface area contributed by atoms with Gasteiger partial charge in [0, 0.05) is 32.4 Å². The third-order valence-electron chi connectivity index (χ3n) is 4.67. The number of aromatic carboxylic acids is 1. The minimum atomic E-state index is -1.19. The van der Waals surface area contributed by atoms with Crippen LogP contribution in [0, 0.1) is 6.92 Å². The first-order valence-electron chi connectivity index (χ1n) is 8.86. The van der Waals surface area contributed by atoms with Gasteiger partial charge in [-0.1, -0.05) is 30.3 Å². The van der Waals surface area contributed by atoms with Gasteiger partial charge in [-0.25, -0.2) is 4.79 Å². The second kappa shape index (κ2) is 8.29. The van der Waals surface area contributed by atoms with E-state index in [-0.39, 0.29) is 11.7 Å². The van der Waals surface area contributed by atoms with Gasteiger partial charge in [0.2, 0.25) is 0 Å². The van der Waals surface area contributed by atoms with Gasteiger partial charge in [0.05, 0.1) is 12.6 Å². The van der Waals surface area contributed by atoms with Crippen molar-refractivity contribution in [2.45, 2.75) is 32.5 Å². The van der Waals surface area contributed by atoms with Crippen LogP contribution < -0.4 is 5.56 Å². The fourth-order valence-corrected chi connectivity index (χ4v) is 3.35. The zero-order valence-corrected chi connectivity index (χ0v) is 14.9. The van der Waals surface area contributed by atoms with Crippen LogP contribution in [0.15, 0.2) is 47.4 Å². The summed E-state index contributed by atoms with van der Waals surface area (Å²) in [6.07, 6.45) is 2.44. The van der Waals surface area contributed by atoms with Gasteiger partial charge in [-0.15, -0.1) is 0 Å². The monoisotopic (exact) mass is 356 g/mol. The number of aryl methyl sites for hydroxylation is 1. The van der Waals surface area contributed by atoms with Crippen molar-refractivity contribution < 1.29 is 14.6 Å². The molecule has 1 aliphatic heterocycles. The van der Waals surface area contributed by atoms with Crippen molar-refractivity contribution in [2.24, 2.45) is 0 Å². The van der Waals surface area contributed by atoms with E-state index in [0.717, 1.165) is 19.5 Å². The highest BCUT2D eigenvalue weighted by molar-refractivity contribution is 5.88. The highest BCUT2D eigenvalue weighted by Gasteiger charge is 2.21. The Bertz CT molecular complexity index is 816. The van der Waals surface area contributed by atoms with Gasteiger partial charge in [0.1, 0.15) is 5.56 Å². The maximum Gasteiger partial charge on any atom is 0.341 e. The van der Waals surface area contributed by atoms with Crippen LogP contribution in [0.1, 0.15) is 27.9 Å². The number of benzene rings is 1. The van der Waals surface area contributed by atoms with Gasteiger partial charge in [-0.2, -0.15) is 0 Å². The van der Waals surface area contributed by atoms with E-state index in [4.69, 9.17) is 4.74 Å². The van der Waals surface area contributed by atoms with E-state index in [2.05, 4.69) is 17.0 Å². The molecule has 1 unspecified atom stereocenters. The Morgan fingerprint density at radius 2 is 2.04 bits per heavy atom. The first kappa shape index (κ1) is 18.4. The molecule has 2 aromatic rings. The van der Waals surface area contributed by atoms with E-state index in [1.54, 1.807) is 19.2 Å². The number of pyridine rings is 1. The molecular formula is C20H24N2O4. The first-order chi connectivity index (χ1) is 12.5. The summed E-state index contributed by atoms with van der Waals surface area (Å²) in [6.45, 7) is 5.11. The van der Waals surface area contributed by atoms with Gasteiger partial charge in [-0.05, 0) is 30.5 Å². The molecule has 2 heterocycles. The predicted molar refractivity (Wildman–Crippen MR) is 98.5 cm³/mol. The zero-order valence-electron chi connectivity index (χ0n) is 14.9. The van der Waals surface area contributed by atoms with Crippen LogP contribution in [0.3, 0.4) is 0 Å². The van der Waals surface area contributed by atoms with E-state index < -0.39 is 11.5 Å². The van der Waals surface area contributed by atoms with E-state index in [0.29, 0.717) is 25.3 Å². The summed E-state index contributed by atoms with van der Waals surface area (Å²) in [5.41, 5.74) is 1.09. The van der Waals surface area contributed by atoms with Gasteiger partial charge < -0.3 is 14.4 Å². The van der Waals surface area contributed by atoms with Crippen LogP contribution in [0.25, 0.3) is 0 Å². The Morgan fingerprint density at radius 1 is 1.27 bits per heavy atom. The summed E-state index contributed by atoms with van der Waals surface area (Å²) in [4.78, 5) is 26.1. The topological polar surface area (TPSA) is 71.8 Å². The number of hydrogen-bond donors (Lipinski definition) is 1. The van der Waals surface area contributed by atoms with Crippen LogP contribution >= 0.6 is 0 Å². The van der Waals surface area contributed by atoms with Crippen LogP contribution in [-0.2, 0) is 17.8 Å². The Morgan fingerprint density at radius 3 is 2.77 bits per heavy atom. The summed E-state index contributed by atoms with van der Waals surface area (Å²) in [5.74, 6) is -1.19. The Labute approximate surface area is 152 Å². The molecule has 1 aromatic heterocycles. The molecule has 138 valence electrons. The van der Waals surface area contributed by atoms with Gasteiger partial charge in [0.15, 0.2) is 0 Å². The largest absolute Gasteiger partial charge is 0.477 e.